The lowest BCUT2D eigenvalue weighted by Gasteiger charge is -2.10. The summed E-state index contributed by atoms with van der Waals surface area (Å²) >= 11 is 5.47. The summed E-state index contributed by atoms with van der Waals surface area (Å²) in [7, 11) is 0. The Morgan fingerprint density at radius 2 is 1.03 bits per heavy atom. The summed E-state index contributed by atoms with van der Waals surface area (Å²) in [6.07, 6.45) is 0. The summed E-state index contributed by atoms with van der Waals surface area (Å²) in [5.41, 5.74) is 5.24. The second-order valence-electron chi connectivity index (χ2n) is 9.01. The first-order valence-corrected chi connectivity index (χ1v) is 13.9. The number of thiophene rings is 1. The second kappa shape index (κ2) is 9.60. The summed E-state index contributed by atoms with van der Waals surface area (Å²) in [6, 6.07) is 41.8. The molecule has 0 aliphatic heterocycles. The predicted molar refractivity (Wildman–Crippen MR) is 162 cm³/mol. The third kappa shape index (κ3) is 4.10. The molecule has 0 spiro atoms. The standard InChI is InChI=1S/C33H20BrN3S/c34-28-15-6-4-12-26(28)32-35-31(23-19-17-22(18-20-23)21-9-2-1-3-10-21)36-33(37-32)27-14-8-13-25-24-11-5-7-16-29(24)38-30(25)27/h1-20H. The number of benzene rings is 5. The van der Waals surface area contributed by atoms with Crippen molar-refractivity contribution in [3.63, 3.8) is 0 Å². The van der Waals surface area contributed by atoms with Crippen LogP contribution >= 0.6 is 27.3 Å². The van der Waals surface area contributed by atoms with E-state index in [-0.39, 0.29) is 0 Å². The summed E-state index contributed by atoms with van der Waals surface area (Å²) in [4.78, 5) is 15.0. The van der Waals surface area contributed by atoms with Crippen molar-refractivity contribution in [1.82, 2.24) is 15.0 Å². The molecule has 0 bridgehead atoms. The monoisotopic (exact) mass is 569 g/mol. The number of hydrogen-bond donors (Lipinski definition) is 0. The molecule has 0 N–H and O–H groups in total. The first kappa shape index (κ1) is 23.0. The molecule has 0 atom stereocenters. The van der Waals surface area contributed by atoms with E-state index >= 15 is 0 Å². The Kier molecular flexibility index (Phi) is 5.80. The maximum absolute atomic E-state index is 5.02. The summed E-state index contributed by atoms with van der Waals surface area (Å²) in [5.74, 6) is 1.96. The molecule has 0 aliphatic carbocycles. The molecule has 180 valence electrons. The Morgan fingerprint density at radius 1 is 0.447 bits per heavy atom. The van der Waals surface area contributed by atoms with E-state index in [1.807, 2.05) is 30.3 Å². The third-order valence-corrected chi connectivity index (χ3v) is 8.56. The van der Waals surface area contributed by atoms with Crippen LogP contribution in [0, 0.1) is 0 Å². The molecule has 0 radical (unpaired) electrons. The van der Waals surface area contributed by atoms with Gasteiger partial charge in [-0.15, -0.1) is 11.3 Å². The van der Waals surface area contributed by atoms with Crippen LogP contribution in [0.1, 0.15) is 0 Å². The van der Waals surface area contributed by atoms with Crippen molar-refractivity contribution in [1.29, 1.82) is 0 Å². The first-order valence-electron chi connectivity index (χ1n) is 12.3. The first-order chi connectivity index (χ1) is 18.7. The molecule has 0 fully saturated rings. The maximum atomic E-state index is 5.02. The van der Waals surface area contributed by atoms with Gasteiger partial charge in [-0.05, 0) is 29.3 Å². The molecule has 5 aromatic carbocycles. The minimum atomic E-state index is 0.641. The van der Waals surface area contributed by atoms with Crippen LogP contribution in [0.15, 0.2) is 126 Å². The lowest BCUT2D eigenvalue weighted by atomic mass is 10.0. The van der Waals surface area contributed by atoms with E-state index in [1.54, 1.807) is 11.3 Å². The van der Waals surface area contributed by atoms with Gasteiger partial charge in [-0.2, -0.15) is 0 Å². The zero-order chi connectivity index (χ0) is 25.5. The fourth-order valence-corrected chi connectivity index (χ4v) is 6.43. The molecule has 5 heteroatoms. The molecule has 0 aliphatic rings. The third-order valence-electron chi connectivity index (χ3n) is 6.65. The topological polar surface area (TPSA) is 38.7 Å². The molecule has 7 aromatic rings. The predicted octanol–water partition coefficient (Wildman–Crippen LogP) is 9.67. The molecule has 7 rings (SSSR count). The Bertz CT molecular complexity index is 1930. The van der Waals surface area contributed by atoms with Gasteiger partial charge in [-0.1, -0.05) is 119 Å². The average molecular weight is 571 g/mol. The summed E-state index contributed by atoms with van der Waals surface area (Å²) in [5, 5.41) is 2.48. The lowest BCUT2D eigenvalue weighted by Crippen LogP contribution is -2.00. The van der Waals surface area contributed by atoms with Crippen LogP contribution in [0.4, 0.5) is 0 Å². The summed E-state index contributed by atoms with van der Waals surface area (Å²) in [6.45, 7) is 0. The second-order valence-corrected chi connectivity index (χ2v) is 10.9. The Labute approximate surface area is 232 Å². The zero-order valence-corrected chi connectivity index (χ0v) is 22.6. The molecule has 38 heavy (non-hydrogen) atoms. The van der Waals surface area contributed by atoms with Crippen LogP contribution < -0.4 is 0 Å². The van der Waals surface area contributed by atoms with E-state index in [0.29, 0.717) is 17.5 Å². The molecule has 0 saturated heterocycles. The van der Waals surface area contributed by atoms with Gasteiger partial charge >= 0.3 is 0 Å². The number of nitrogens with zero attached hydrogens (tertiary/aromatic N) is 3. The van der Waals surface area contributed by atoms with Crippen LogP contribution in [0.25, 0.3) is 65.5 Å². The molecule has 3 nitrogen and oxygen atoms in total. The van der Waals surface area contributed by atoms with Crippen molar-refractivity contribution in [3.05, 3.63) is 126 Å². The largest absolute Gasteiger partial charge is 0.208 e. The van der Waals surface area contributed by atoms with Crippen LogP contribution in [-0.4, -0.2) is 15.0 Å². The molecular formula is C33H20BrN3S. The van der Waals surface area contributed by atoms with Crippen molar-refractivity contribution in [2.45, 2.75) is 0 Å². The van der Waals surface area contributed by atoms with Gasteiger partial charge in [0.15, 0.2) is 17.5 Å². The van der Waals surface area contributed by atoms with Gasteiger partial charge in [0.2, 0.25) is 0 Å². The number of fused-ring (bicyclic) bond motifs is 3. The molecular weight excluding hydrogens is 550 g/mol. The van der Waals surface area contributed by atoms with E-state index in [4.69, 9.17) is 15.0 Å². The van der Waals surface area contributed by atoms with Crippen molar-refractivity contribution in [3.8, 4) is 45.3 Å². The number of rotatable bonds is 4. The van der Waals surface area contributed by atoms with Crippen LogP contribution in [0.5, 0.6) is 0 Å². The van der Waals surface area contributed by atoms with Crippen LogP contribution in [0.2, 0.25) is 0 Å². The number of hydrogen-bond acceptors (Lipinski definition) is 4. The van der Waals surface area contributed by atoms with Gasteiger partial charge in [-0.3, -0.25) is 0 Å². The van der Waals surface area contributed by atoms with E-state index in [2.05, 4.69) is 107 Å². The highest BCUT2D eigenvalue weighted by Gasteiger charge is 2.17. The Hall–Kier alpha value is -4.19. The Morgan fingerprint density at radius 3 is 1.84 bits per heavy atom. The van der Waals surface area contributed by atoms with E-state index in [0.717, 1.165) is 26.7 Å². The van der Waals surface area contributed by atoms with Gasteiger partial charge < -0.3 is 0 Å². The minimum Gasteiger partial charge on any atom is -0.208 e. The highest BCUT2D eigenvalue weighted by Crippen LogP contribution is 2.39. The van der Waals surface area contributed by atoms with E-state index < -0.39 is 0 Å². The van der Waals surface area contributed by atoms with E-state index in [9.17, 15) is 0 Å². The van der Waals surface area contributed by atoms with Crippen molar-refractivity contribution in [2.24, 2.45) is 0 Å². The molecule has 0 unspecified atom stereocenters. The molecule has 2 heterocycles. The number of aromatic nitrogens is 3. The van der Waals surface area contributed by atoms with Crippen molar-refractivity contribution < 1.29 is 0 Å². The highest BCUT2D eigenvalue weighted by atomic mass is 79.9. The minimum absolute atomic E-state index is 0.641. The lowest BCUT2D eigenvalue weighted by molar-refractivity contribution is 1.07. The van der Waals surface area contributed by atoms with E-state index in [1.165, 1.54) is 25.7 Å². The maximum Gasteiger partial charge on any atom is 0.165 e. The van der Waals surface area contributed by atoms with Crippen LogP contribution in [0.3, 0.4) is 0 Å². The van der Waals surface area contributed by atoms with Gasteiger partial charge in [-0.25, -0.2) is 15.0 Å². The van der Waals surface area contributed by atoms with Gasteiger partial charge in [0.1, 0.15) is 0 Å². The average Bonchev–Trinajstić information content (AvgIpc) is 3.37. The Balaban J connectivity index is 1.43. The normalized spacial score (nSPS) is 11.3. The SMILES string of the molecule is Brc1ccccc1-c1nc(-c2ccc(-c3ccccc3)cc2)nc(-c2cccc3c2sc2ccccc23)n1. The van der Waals surface area contributed by atoms with Crippen molar-refractivity contribution >= 4 is 47.4 Å². The van der Waals surface area contributed by atoms with Crippen LogP contribution in [-0.2, 0) is 0 Å². The van der Waals surface area contributed by atoms with Gasteiger partial charge in [0.05, 0.1) is 0 Å². The highest BCUT2D eigenvalue weighted by molar-refractivity contribution is 9.10. The quantitative estimate of drug-likeness (QED) is 0.212. The summed E-state index contributed by atoms with van der Waals surface area (Å²) < 4.78 is 3.39. The number of halogens is 1. The molecule has 2 aromatic heterocycles. The molecule has 0 saturated carbocycles. The molecule has 0 amide bonds. The fourth-order valence-electron chi connectivity index (χ4n) is 4.75. The fraction of sp³-hybridized carbons (Fsp3) is 0. The van der Waals surface area contributed by atoms with Gasteiger partial charge in [0, 0.05) is 41.3 Å². The zero-order valence-electron chi connectivity index (χ0n) is 20.2. The van der Waals surface area contributed by atoms with Gasteiger partial charge in [0.25, 0.3) is 0 Å². The smallest absolute Gasteiger partial charge is 0.165 e. The van der Waals surface area contributed by atoms with Crippen molar-refractivity contribution in [2.75, 3.05) is 0 Å².